The first-order valence-corrected chi connectivity index (χ1v) is 5.38. The second-order valence-corrected chi connectivity index (χ2v) is 3.81. The zero-order valence-electron chi connectivity index (χ0n) is 7.61. The van der Waals surface area contributed by atoms with Crippen LogP contribution in [0.15, 0.2) is 47.6 Å². The van der Waals surface area contributed by atoms with Gasteiger partial charge in [-0.2, -0.15) is 18.7 Å². The summed E-state index contributed by atoms with van der Waals surface area (Å²) in [6, 6.07) is 12.0. The lowest BCUT2D eigenvalue weighted by atomic mass is 10.4. The number of nitrogens with one attached hydrogen (secondary N) is 1. The predicted molar refractivity (Wildman–Crippen MR) is 52.6 cm³/mol. The molecule has 0 radical (unpaired) electrons. The average Bonchev–Trinajstić information content (AvgIpc) is 2.73. The second kappa shape index (κ2) is 5.23. The molecule has 2 rings (SSSR count). The van der Waals surface area contributed by atoms with E-state index >= 15 is 0 Å². The van der Waals surface area contributed by atoms with Gasteiger partial charge in [0.25, 0.3) is 0 Å². The summed E-state index contributed by atoms with van der Waals surface area (Å²) in [6.45, 7) is 0. The molecule has 0 unspecified atom stereocenters. The monoisotopic (exact) mass is 227 g/mol. The lowest BCUT2D eigenvalue weighted by Crippen LogP contribution is -1.97. The van der Waals surface area contributed by atoms with Crippen molar-refractivity contribution in [2.24, 2.45) is 0 Å². The Morgan fingerprint density at radius 3 is 1.73 bits per heavy atom. The summed E-state index contributed by atoms with van der Waals surface area (Å²) in [5.74, 6) is 0. The lowest BCUT2D eigenvalue weighted by molar-refractivity contribution is 0.479. The Labute approximate surface area is 86.7 Å². The van der Waals surface area contributed by atoms with E-state index < -0.39 is 15.1 Å². The van der Waals surface area contributed by atoms with Gasteiger partial charge < -0.3 is 0 Å². The van der Waals surface area contributed by atoms with E-state index in [-0.39, 0.29) is 0 Å². The van der Waals surface area contributed by atoms with Crippen molar-refractivity contribution in [3.05, 3.63) is 42.6 Å². The quantitative estimate of drug-likeness (QED) is 0.700. The number of hydrogen-bond donors (Lipinski definition) is 2. The van der Waals surface area contributed by atoms with Crippen LogP contribution in [-0.4, -0.2) is 28.4 Å². The van der Waals surface area contributed by atoms with Gasteiger partial charge in [0.15, 0.2) is 0 Å². The Balaban J connectivity index is 0.000000162. The minimum atomic E-state index is -4.16. The van der Waals surface area contributed by atoms with Crippen molar-refractivity contribution in [1.29, 1.82) is 0 Å². The fourth-order valence-corrected chi connectivity index (χ4v) is 1.04. The summed E-state index contributed by atoms with van der Waals surface area (Å²) >= 11 is 0. The van der Waals surface area contributed by atoms with Crippen LogP contribution >= 0.6 is 0 Å². The van der Waals surface area contributed by atoms with E-state index in [2.05, 4.69) is 10.2 Å². The summed E-state index contributed by atoms with van der Waals surface area (Å²) in [7, 11) is -4.16. The Kier molecular flexibility index (Phi) is 3.95. The van der Waals surface area contributed by atoms with Crippen LogP contribution in [0.5, 0.6) is 0 Å². The summed E-state index contributed by atoms with van der Waals surface area (Å²) in [6.07, 6.45) is 0.912. The van der Waals surface area contributed by atoms with Crippen LogP contribution in [0.3, 0.4) is 0 Å². The zero-order valence-corrected chi connectivity index (χ0v) is 8.42. The predicted octanol–water partition coefficient (Wildman–Crippen LogP) is 0.738. The highest BCUT2D eigenvalue weighted by molar-refractivity contribution is 7.85. The van der Waals surface area contributed by atoms with Gasteiger partial charge in [-0.05, 0) is 0 Å². The highest BCUT2D eigenvalue weighted by Crippen LogP contribution is 1.97. The third-order valence-corrected chi connectivity index (χ3v) is 2.05. The molecular weight excluding hydrogens is 218 g/mol. The Morgan fingerprint density at radius 2 is 1.53 bits per heavy atom. The number of H-pyrrole nitrogens is 1. The number of aromatic nitrogens is 3. The zero-order chi connectivity index (χ0) is 11.1. The third-order valence-electron chi connectivity index (χ3n) is 1.32. The Bertz CT molecular complexity index is 440. The summed E-state index contributed by atoms with van der Waals surface area (Å²) in [4.78, 5) is 0. The number of nitrogens with zero attached hydrogens (tertiary/aromatic N) is 2. The molecule has 0 spiro atoms. The molecule has 0 amide bonds. The van der Waals surface area contributed by atoms with E-state index in [0.717, 1.165) is 6.20 Å². The van der Waals surface area contributed by atoms with E-state index in [1.165, 1.54) is 0 Å². The molecule has 0 saturated heterocycles. The number of hydrogen-bond acceptors (Lipinski definition) is 4. The maximum Gasteiger partial charge on any atom is 0.315 e. The molecule has 0 fully saturated rings. The van der Waals surface area contributed by atoms with E-state index in [1.54, 1.807) is 0 Å². The maximum absolute atomic E-state index is 10.1. The largest absolute Gasteiger partial charge is 0.315 e. The van der Waals surface area contributed by atoms with Gasteiger partial charge in [0.2, 0.25) is 5.03 Å². The standard InChI is InChI=1S/C6H6.C2H3N3O3S/c1-2-4-6-5-3-1;6-9(7,8)2-1-3-5-4-2/h1-6H;1H,(H,3,4,5)(H,6,7,8). The third kappa shape index (κ3) is 4.34. The lowest BCUT2D eigenvalue weighted by Gasteiger charge is -1.82. The minimum Gasteiger partial charge on any atom is -0.281 e. The van der Waals surface area contributed by atoms with Crippen LogP contribution in [0.25, 0.3) is 0 Å². The fraction of sp³-hybridized carbons (Fsp3) is 0. The minimum absolute atomic E-state index is 0.470. The SMILES string of the molecule is O=S(=O)(O)c1cn[nH]n1.c1ccccc1. The summed E-state index contributed by atoms with van der Waals surface area (Å²) in [5.41, 5.74) is 0. The van der Waals surface area contributed by atoms with Crippen LogP contribution in [0, 0.1) is 0 Å². The molecule has 7 heteroatoms. The highest BCUT2D eigenvalue weighted by Gasteiger charge is 2.10. The van der Waals surface area contributed by atoms with Gasteiger partial charge in [-0.1, -0.05) is 36.4 Å². The molecule has 0 aliphatic heterocycles. The molecule has 0 aliphatic rings. The number of aromatic amines is 1. The normalized spacial score (nSPS) is 10.2. The van der Waals surface area contributed by atoms with Gasteiger partial charge in [0, 0.05) is 0 Å². The topological polar surface area (TPSA) is 95.9 Å². The van der Waals surface area contributed by atoms with Crippen LogP contribution in [0.4, 0.5) is 0 Å². The molecule has 80 valence electrons. The molecule has 15 heavy (non-hydrogen) atoms. The number of benzene rings is 1. The Morgan fingerprint density at radius 1 is 1.07 bits per heavy atom. The highest BCUT2D eigenvalue weighted by atomic mass is 32.2. The van der Waals surface area contributed by atoms with Crippen LogP contribution < -0.4 is 0 Å². The summed E-state index contributed by atoms with van der Waals surface area (Å²) < 4.78 is 28.5. The Hall–Kier alpha value is -1.73. The molecule has 2 aromatic rings. The molecule has 1 aromatic carbocycles. The molecule has 1 aromatic heterocycles. The van der Waals surface area contributed by atoms with Crippen molar-refractivity contribution in [3.8, 4) is 0 Å². The fourth-order valence-electron chi connectivity index (χ4n) is 0.700. The summed E-state index contributed by atoms with van der Waals surface area (Å²) in [5, 5.41) is 7.85. The molecule has 0 saturated carbocycles. The molecule has 2 N–H and O–H groups in total. The second-order valence-electron chi connectivity index (χ2n) is 2.44. The van der Waals surface area contributed by atoms with Crippen molar-refractivity contribution >= 4 is 10.1 Å². The van der Waals surface area contributed by atoms with Crippen molar-refractivity contribution in [1.82, 2.24) is 15.4 Å². The van der Waals surface area contributed by atoms with Crippen LogP contribution in [0.2, 0.25) is 0 Å². The van der Waals surface area contributed by atoms with Crippen LogP contribution in [-0.2, 0) is 10.1 Å². The van der Waals surface area contributed by atoms with E-state index in [1.807, 2.05) is 41.6 Å². The van der Waals surface area contributed by atoms with Crippen LogP contribution in [0.1, 0.15) is 0 Å². The molecular formula is C8H9N3O3S. The van der Waals surface area contributed by atoms with Crippen molar-refractivity contribution in [2.75, 3.05) is 0 Å². The average molecular weight is 227 g/mol. The first-order chi connectivity index (χ1) is 7.11. The molecule has 0 aliphatic carbocycles. The first-order valence-electron chi connectivity index (χ1n) is 3.94. The van der Waals surface area contributed by atoms with Gasteiger partial charge >= 0.3 is 10.1 Å². The first kappa shape index (κ1) is 11.3. The van der Waals surface area contributed by atoms with Gasteiger partial charge in [0.1, 0.15) is 0 Å². The molecule has 6 nitrogen and oxygen atoms in total. The van der Waals surface area contributed by atoms with Crippen molar-refractivity contribution in [2.45, 2.75) is 5.03 Å². The van der Waals surface area contributed by atoms with Gasteiger partial charge in [-0.3, -0.25) is 4.55 Å². The molecule has 1 heterocycles. The van der Waals surface area contributed by atoms with E-state index in [9.17, 15) is 8.42 Å². The van der Waals surface area contributed by atoms with Gasteiger partial charge in [-0.15, -0.1) is 5.10 Å². The van der Waals surface area contributed by atoms with Crippen molar-refractivity contribution in [3.63, 3.8) is 0 Å². The van der Waals surface area contributed by atoms with E-state index in [4.69, 9.17) is 4.55 Å². The van der Waals surface area contributed by atoms with Crippen molar-refractivity contribution < 1.29 is 13.0 Å². The maximum atomic E-state index is 10.1. The van der Waals surface area contributed by atoms with E-state index in [0.29, 0.717) is 0 Å². The van der Waals surface area contributed by atoms with Gasteiger partial charge in [-0.25, -0.2) is 0 Å². The molecule has 0 bridgehead atoms. The molecule has 0 atom stereocenters. The van der Waals surface area contributed by atoms with Gasteiger partial charge in [0.05, 0.1) is 6.20 Å². The number of rotatable bonds is 1. The smallest absolute Gasteiger partial charge is 0.281 e.